The molecular weight excluding hydrogens is 366 g/mol. The van der Waals surface area contributed by atoms with Gasteiger partial charge in [0, 0.05) is 11.5 Å². The smallest absolute Gasteiger partial charge is 0.283 e. The van der Waals surface area contributed by atoms with Crippen LogP contribution in [0.25, 0.3) is 10.9 Å². The number of aromatic nitrogens is 1. The Bertz CT molecular complexity index is 1170. The van der Waals surface area contributed by atoms with Crippen LogP contribution in [0, 0.1) is 0 Å². The summed E-state index contributed by atoms with van der Waals surface area (Å²) in [5, 5.41) is 0.862. The molecule has 0 radical (unpaired) electrons. The van der Waals surface area contributed by atoms with Gasteiger partial charge >= 0.3 is 0 Å². The first kappa shape index (κ1) is 18.6. The molecule has 4 aromatic rings. The molecule has 0 aliphatic rings. The third kappa shape index (κ3) is 4.24. The molecule has 1 aromatic heterocycles. The van der Waals surface area contributed by atoms with Crippen molar-refractivity contribution in [3.63, 3.8) is 0 Å². The topological polar surface area (TPSA) is 49.7 Å². The first-order valence-corrected chi connectivity index (χ1v) is 9.32. The van der Waals surface area contributed by atoms with Gasteiger partial charge in [-0.15, -0.1) is 4.73 Å². The second-order valence-electron chi connectivity index (χ2n) is 6.56. The zero-order valence-electron chi connectivity index (χ0n) is 16.1. The summed E-state index contributed by atoms with van der Waals surface area (Å²) in [6, 6.07) is 26.4. The Kier molecular flexibility index (Phi) is 5.47. The number of benzene rings is 3. The number of methoxy groups -OCH3 is 1. The van der Waals surface area contributed by atoms with Gasteiger partial charge < -0.3 is 14.3 Å². The van der Waals surface area contributed by atoms with Gasteiger partial charge in [-0.25, -0.2) is 0 Å². The number of rotatable bonds is 7. The summed E-state index contributed by atoms with van der Waals surface area (Å²) in [6.45, 7) is 0.627. The maximum absolute atomic E-state index is 12.6. The Hall–Kier alpha value is -3.73. The number of fused-ring (bicyclic) bond motifs is 1. The number of pyridine rings is 1. The Morgan fingerprint density at radius 3 is 2.41 bits per heavy atom. The second kappa shape index (κ2) is 8.52. The van der Waals surface area contributed by atoms with Crippen LogP contribution in [-0.4, -0.2) is 11.8 Å². The Balaban J connectivity index is 1.65. The van der Waals surface area contributed by atoms with Crippen LogP contribution in [0.5, 0.6) is 11.5 Å². The van der Waals surface area contributed by atoms with E-state index in [2.05, 4.69) is 0 Å². The average molecular weight is 387 g/mol. The summed E-state index contributed by atoms with van der Waals surface area (Å²) in [6.07, 6.45) is 0. The van der Waals surface area contributed by atoms with E-state index < -0.39 is 0 Å². The van der Waals surface area contributed by atoms with E-state index in [0.717, 1.165) is 22.3 Å². The van der Waals surface area contributed by atoms with E-state index in [1.165, 1.54) is 10.8 Å². The minimum Gasteiger partial charge on any atom is -0.497 e. The van der Waals surface area contributed by atoms with Crippen molar-refractivity contribution >= 4 is 10.9 Å². The van der Waals surface area contributed by atoms with Crippen molar-refractivity contribution in [2.75, 3.05) is 7.11 Å². The van der Waals surface area contributed by atoms with Gasteiger partial charge in [-0.2, -0.15) is 0 Å². The summed E-state index contributed by atoms with van der Waals surface area (Å²) in [7, 11) is 1.62. The molecule has 0 saturated heterocycles. The molecule has 0 spiro atoms. The highest BCUT2D eigenvalue weighted by Crippen LogP contribution is 2.25. The summed E-state index contributed by atoms with van der Waals surface area (Å²) in [5.74, 6) is 1.33. The van der Waals surface area contributed by atoms with E-state index >= 15 is 0 Å². The van der Waals surface area contributed by atoms with Crippen LogP contribution in [0.4, 0.5) is 0 Å². The normalized spacial score (nSPS) is 10.7. The summed E-state index contributed by atoms with van der Waals surface area (Å²) < 4.78 is 12.6. The van der Waals surface area contributed by atoms with Crippen LogP contribution < -0.4 is 19.9 Å². The number of para-hydroxylation sites is 1. The van der Waals surface area contributed by atoms with E-state index in [1.54, 1.807) is 13.2 Å². The number of nitrogens with zero attached hydrogens (tertiary/aromatic N) is 1. The molecule has 0 aliphatic heterocycles. The van der Waals surface area contributed by atoms with E-state index in [0.29, 0.717) is 17.9 Å². The maximum Gasteiger partial charge on any atom is 0.283 e. The van der Waals surface area contributed by atoms with Gasteiger partial charge in [-0.05, 0) is 35.4 Å². The van der Waals surface area contributed by atoms with Gasteiger partial charge in [0.1, 0.15) is 30.2 Å². The van der Waals surface area contributed by atoms with Crippen LogP contribution in [-0.2, 0) is 13.2 Å². The molecule has 5 nitrogen and oxygen atoms in total. The van der Waals surface area contributed by atoms with Crippen molar-refractivity contribution in [2.24, 2.45) is 0 Å². The van der Waals surface area contributed by atoms with Crippen molar-refractivity contribution in [3.8, 4) is 11.5 Å². The van der Waals surface area contributed by atoms with Gasteiger partial charge in [-0.1, -0.05) is 54.6 Å². The molecule has 1 heterocycles. The van der Waals surface area contributed by atoms with Crippen LogP contribution in [0.1, 0.15) is 11.1 Å². The molecule has 29 heavy (non-hydrogen) atoms. The minimum atomic E-state index is -0.254. The molecule has 0 atom stereocenters. The van der Waals surface area contributed by atoms with E-state index in [-0.39, 0.29) is 12.2 Å². The lowest BCUT2D eigenvalue weighted by molar-refractivity contribution is 0.0978. The van der Waals surface area contributed by atoms with Gasteiger partial charge in [0.15, 0.2) is 0 Å². The van der Waals surface area contributed by atoms with Crippen LogP contribution >= 0.6 is 0 Å². The van der Waals surface area contributed by atoms with Crippen LogP contribution in [0.3, 0.4) is 0 Å². The van der Waals surface area contributed by atoms with Crippen molar-refractivity contribution < 1.29 is 14.3 Å². The first-order chi connectivity index (χ1) is 14.2. The maximum atomic E-state index is 12.6. The molecule has 0 N–H and O–H groups in total. The molecule has 4 rings (SSSR count). The highest BCUT2D eigenvalue weighted by Gasteiger charge is 2.11. The monoisotopic (exact) mass is 387 g/mol. The molecule has 146 valence electrons. The lowest BCUT2D eigenvalue weighted by Gasteiger charge is -2.15. The van der Waals surface area contributed by atoms with Crippen molar-refractivity contribution in [1.82, 2.24) is 4.73 Å². The largest absolute Gasteiger partial charge is 0.497 e. The predicted molar refractivity (Wildman–Crippen MR) is 112 cm³/mol. The van der Waals surface area contributed by atoms with Gasteiger partial charge in [0.25, 0.3) is 5.56 Å². The van der Waals surface area contributed by atoms with Crippen molar-refractivity contribution in [2.45, 2.75) is 13.2 Å². The molecule has 0 aliphatic carbocycles. The summed E-state index contributed by atoms with van der Waals surface area (Å²) in [4.78, 5) is 18.5. The average Bonchev–Trinajstić information content (AvgIpc) is 2.78. The zero-order chi connectivity index (χ0) is 20.1. The molecule has 0 fully saturated rings. The van der Waals surface area contributed by atoms with Gasteiger partial charge in [0.05, 0.1) is 7.11 Å². The zero-order valence-corrected chi connectivity index (χ0v) is 16.1. The predicted octanol–water partition coefficient (Wildman–Crippen LogP) is 4.22. The molecule has 0 bridgehead atoms. The molecule has 0 amide bonds. The second-order valence-corrected chi connectivity index (χ2v) is 6.56. The number of ether oxygens (including phenoxy) is 2. The fraction of sp³-hybridized carbons (Fsp3) is 0.125. The third-order valence-electron chi connectivity index (χ3n) is 4.57. The summed E-state index contributed by atoms with van der Waals surface area (Å²) >= 11 is 0. The Morgan fingerprint density at radius 1 is 0.793 bits per heavy atom. The molecule has 0 unspecified atom stereocenters. The van der Waals surface area contributed by atoms with Crippen molar-refractivity contribution in [3.05, 3.63) is 106 Å². The highest BCUT2D eigenvalue weighted by molar-refractivity contribution is 5.84. The fourth-order valence-electron chi connectivity index (χ4n) is 3.11. The van der Waals surface area contributed by atoms with Crippen LogP contribution in [0.2, 0.25) is 0 Å². The first-order valence-electron chi connectivity index (χ1n) is 9.32. The molecule has 0 saturated carbocycles. The van der Waals surface area contributed by atoms with Crippen molar-refractivity contribution in [1.29, 1.82) is 0 Å². The Labute approximate surface area is 168 Å². The molecular formula is C24H21NO4. The quantitative estimate of drug-likeness (QED) is 0.476. The third-order valence-corrected chi connectivity index (χ3v) is 4.57. The minimum absolute atomic E-state index is 0.225. The highest BCUT2D eigenvalue weighted by atomic mass is 16.7. The lowest BCUT2D eigenvalue weighted by Crippen LogP contribution is -2.26. The number of hydrogen-bond acceptors (Lipinski definition) is 4. The Morgan fingerprint density at radius 2 is 1.59 bits per heavy atom. The van der Waals surface area contributed by atoms with E-state index in [9.17, 15) is 4.79 Å². The van der Waals surface area contributed by atoms with Gasteiger partial charge in [-0.3, -0.25) is 4.79 Å². The van der Waals surface area contributed by atoms with Gasteiger partial charge in [0.2, 0.25) is 0 Å². The van der Waals surface area contributed by atoms with E-state index in [1.807, 2.05) is 72.8 Å². The number of hydrogen-bond donors (Lipinski definition) is 0. The van der Waals surface area contributed by atoms with E-state index in [4.69, 9.17) is 14.3 Å². The molecule has 5 heteroatoms. The standard InChI is InChI=1S/C24H21NO4/c1-27-21-11-5-9-19(15-21)17-29-25-23(26)14-13-20-10-6-12-22(24(20)25)28-16-18-7-3-2-4-8-18/h2-15H,16-17H2,1H3. The summed E-state index contributed by atoms with van der Waals surface area (Å²) in [5.41, 5.74) is 2.30. The lowest BCUT2D eigenvalue weighted by atomic mass is 10.2. The SMILES string of the molecule is COc1cccc(COn2c(=O)ccc3cccc(OCc4ccccc4)c32)c1. The fourth-order valence-corrected chi connectivity index (χ4v) is 3.11. The molecule has 3 aromatic carbocycles. The van der Waals surface area contributed by atoms with Crippen LogP contribution in [0.15, 0.2) is 89.7 Å².